The highest BCUT2D eigenvalue weighted by Crippen LogP contribution is 2.30. The van der Waals surface area contributed by atoms with E-state index in [4.69, 9.17) is 27.7 Å². The van der Waals surface area contributed by atoms with Crippen LogP contribution in [0.1, 0.15) is 11.3 Å². The molecular weight excluding hydrogens is 263 g/mol. The Hall–Kier alpha value is -1.52. The van der Waals surface area contributed by atoms with E-state index in [9.17, 15) is 5.11 Å². The van der Waals surface area contributed by atoms with E-state index in [1.165, 1.54) is 12.3 Å². The molecule has 1 heterocycles. The summed E-state index contributed by atoms with van der Waals surface area (Å²) >= 11 is 11.6. The molecular formula is C11H8Cl2N2O2. The molecule has 1 aromatic heterocycles. The maximum absolute atomic E-state index is 9.68. The number of hydrogen-bond acceptors (Lipinski definition) is 4. The highest BCUT2D eigenvalue weighted by molar-refractivity contribution is 6.36. The zero-order valence-corrected chi connectivity index (χ0v) is 10.3. The number of nitrogens with zero attached hydrogens (tertiary/aromatic N) is 2. The van der Waals surface area contributed by atoms with Gasteiger partial charge in [0.05, 0.1) is 5.02 Å². The summed E-state index contributed by atoms with van der Waals surface area (Å²) < 4.78 is 4.85. The Bertz CT molecular complexity index is 579. The predicted octanol–water partition coefficient (Wildman–Crippen LogP) is 3.75. The predicted molar refractivity (Wildman–Crippen MR) is 66.6 cm³/mol. The Morgan fingerprint density at radius 3 is 2.76 bits per heavy atom. The first-order valence-corrected chi connectivity index (χ1v) is 5.47. The Morgan fingerprint density at radius 1 is 1.35 bits per heavy atom. The topological polar surface area (TPSA) is 58.6 Å². The number of phenols is 1. The summed E-state index contributed by atoms with van der Waals surface area (Å²) in [6.07, 6.45) is 1.42. The van der Waals surface area contributed by atoms with Crippen LogP contribution in [0.5, 0.6) is 5.75 Å². The fourth-order valence-electron chi connectivity index (χ4n) is 1.23. The van der Waals surface area contributed by atoms with Crippen LogP contribution in [0, 0.1) is 6.92 Å². The van der Waals surface area contributed by atoms with Crippen molar-refractivity contribution in [2.75, 3.05) is 0 Å². The maximum atomic E-state index is 9.68. The molecule has 17 heavy (non-hydrogen) atoms. The number of aromatic nitrogens is 1. The SMILES string of the molecule is Cc1cc(/N=C/c2cc(Cl)cc(Cl)c2O)no1. The highest BCUT2D eigenvalue weighted by Gasteiger charge is 2.06. The zero-order valence-electron chi connectivity index (χ0n) is 8.82. The van der Waals surface area contributed by atoms with Gasteiger partial charge in [-0.1, -0.05) is 28.4 Å². The molecule has 2 aromatic rings. The van der Waals surface area contributed by atoms with Crippen molar-refractivity contribution in [3.8, 4) is 5.75 Å². The van der Waals surface area contributed by atoms with E-state index >= 15 is 0 Å². The normalized spacial score (nSPS) is 11.2. The van der Waals surface area contributed by atoms with Crippen LogP contribution in [0.25, 0.3) is 0 Å². The summed E-state index contributed by atoms with van der Waals surface area (Å²) in [6.45, 7) is 1.76. The van der Waals surface area contributed by atoms with Gasteiger partial charge in [-0.25, -0.2) is 4.99 Å². The molecule has 0 radical (unpaired) electrons. The van der Waals surface area contributed by atoms with Crippen LogP contribution in [0.3, 0.4) is 0 Å². The quantitative estimate of drug-likeness (QED) is 0.846. The first-order chi connectivity index (χ1) is 8.06. The molecule has 1 aromatic carbocycles. The second-order valence-electron chi connectivity index (χ2n) is 3.38. The van der Waals surface area contributed by atoms with Gasteiger partial charge in [0, 0.05) is 22.9 Å². The molecule has 4 nitrogen and oxygen atoms in total. The van der Waals surface area contributed by atoms with E-state index in [1.54, 1.807) is 19.1 Å². The van der Waals surface area contributed by atoms with Crippen molar-refractivity contribution < 1.29 is 9.63 Å². The number of aromatic hydroxyl groups is 1. The molecule has 0 saturated heterocycles. The second-order valence-corrected chi connectivity index (χ2v) is 4.22. The van der Waals surface area contributed by atoms with E-state index in [-0.39, 0.29) is 10.8 Å². The molecule has 0 saturated carbocycles. The highest BCUT2D eigenvalue weighted by atomic mass is 35.5. The van der Waals surface area contributed by atoms with Gasteiger partial charge in [0.1, 0.15) is 11.5 Å². The minimum absolute atomic E-state index is 0.0694. The summed E-state index contributed by atoms with van der Waals surface area (Å²) in [5.41, 5.74) is 0.420. The van der Waals surface area contributed by atoms with Crippen LogP contribution in [0.15, 0.2) is 27.7 Å². The molecule has 0 aliphatic heterocycles. The lowest BCUT2D eigenvalue weighted by Gasteiger charge is -2.01. The third-order valence-electron chi connectivity index (χ3n) is 2.01. The van der Waals surface area contributed by atoms with Gasteiger partial charge in [-0.3, -0.25) is 0 Å². The summed E-state index contributed by atoms with van der Waals surface area (Å²) in [6, 6.07) is 4.68. The minimum Gasteiger partial charge on any atom is -0.506 e. The zero-order chi connectivity index (χ0) is 12.4. The molecule has 0 aliphatic rings. The standard InChI is InChI=1S/C11H8Cl2N2O2/c1-6-2-10(15-17-6)14-5-7-3-8(12)4-9(13)11(7)16/h2-5,16H,1H3/b14-5+. The van der Waals surface area contributed by atoms with E-state index < -0.39 is 0 Å². The van der Waals surface area contributed by atoms with Gasteiger partial charge in [-0.05, 0) is 19.1 Å². The van der Waals surface area contributed by atoms with Crippen molar-refractivity contribution in [3.63, 3.8) is 0 Å². The van der Waals surface area contributed by atoms with E-state index in [0.717, 1.165) is 0 Å². The average molecular weight is 271 g/mol. The summed E-state index contributed by atoms with van der Waals surface area (Å²) in [7, 11) is 0. The van der Waals surface area contributed by atoms with Crippen LogP contribution in [0.4, 0.5) is 5.82 Å². The molecule has 0 aliphatic carbocycles. The van der Waals surface area contributed by atoms with Crippen LogP contribution in [0.2, 0.25) is 10.0 Å². The maximum Gasteiger partial charge on any atom is 0.195 e. The second kappa shape index (κ2) is 4.77. The molecule has 1 N–H and O–H groups in total. The largest absolute Gasteiger partial charge is 0.506 e. The number of phenolic OH excluding ortho intramolecular Hbond substituents is 1. The Balaban J connectivity index is 2.33. The Morgan fingerprint density at radius 2 is 2.12 bits per heavy atom. The van der Waals surface area contributed by atoms with Crippen LogP contribution in [-0.4, -0.2) is 16.5 Å². The summed E-state index contributed by atoms with van der Waals surface area (Å²) in [5.74, 6) is 1.00. The van der Waals surface area contributed by atoms with Crippen LogP contribution < -0.4 is 0 Å². The molecule has 0 atom stereocenters. The average Bonchev–Trinajstić information content (AvgIpc) is 2.67. The van der Waals surface area contributed by atoms with Gasteiger partial charge < -0.3 is 9.63 Å². The van der Waals surface area contributed by atoms with Crippen molar-refractivity contribution in [2.24, 2.45) is 4.99 Å². The molecule has 88 valence electrons. The van der Waals surface area contributed by atoms with Crippen molar-refractivity contribution in [1.29, 1.82) is 0 Å². The monoisotopic (exact) mass is 270 g/mol. The Labute approximate surface area is 107 Å². The first-order valence-electron chi connectivity index (χ1n) is 4.71. The molecule has 0 unspecified atom stereocenters. The fourth-order valence-corrected chi connectivity index (χ4v) is 1.74. The molecule has 6 heteroatoms. The smallest absolute Gasteiger partial charge is 0.195 e. The lowest BCUT2D eigenvalue weighted by molar-refractivity contribution is 0.399. The van der Waals surface area contributed by atoms with E-state index in [0.29, 0.717) is 22.2 Å². The number of hydrogen-bond donors (Lipinski definition) is 1. The van der Waals surface area contributed by atoms with Gasteiger partial charge in [0.2, 0.25) is 0 Å². The van der Waals surface area contributed by atoms with Gasteiger partial charge in [-0.15, -0.1) is 0 Å². The lowest BCUT2D eigenvalue weighted by Crippen LogP contribution is -1.83. The van der Waals surface area contributed by atoms with Gasteiger partial charge in [0.25, 0.3) is 0 Å². The molecule has 0 spiro atoms. The number of aryl methyl sites for hydroxylation is 1. The Kier molecular flexibility index (Phi) is 3.36. The number of aliphatic imine (C=N–C) groups is 1. The van der Waals surface area contributed by atoms with Gasteiger partial charge in [0.15, 0.2) is 5.82 Å². The van der Waals surface area contributed by atoms with Crippen molar-refractivity contribution in [1.82, 2.24) is 5.16 Å². The minimum atomic E-state index is -0.0694. The number of halogens is 2. The molecule has 0 amide bonds. The summed E-state index contributed by atoms with van der Waals surface area (Å²) in [5, 5.41) is 14.0. The van der Waals surface area contributed by atoms with E-state index in [2.05, 4.69) is 10.1 Å². The molecule has 0 fully saturated rings. The van der Waals surface area contributed by atoms with Crippen molar-refractivity contribution in [3.05, 3.63) is 39.6 Å². The van der Waals surface area contributed by atoms with Crippen LogP contribution in [-0.2, 0) is 0 Å². The summed E-state index contributed by atoms with van der Waals surface area (Å²) in [4.78, 5) is 4.03. The fraction of sp³-hybridized carbons (Fsp3) is 0.0909. The molecule has 0 bridgehead atoms. The number of benzene rings is 1. The third kappa shape index (κ3) is 2.78. The van der Waals surface area contributed by atoms with Crippen molar-refractivity contribution >= 4 is 35.2 Å². The third-order valence-corrected chi connectivity index (χ3v) is 2.52. The lowest BCUT2D eigenvalue weighted by atomic mass is 10.2. The molecule has 2 rings (SSSR count). The van der Waals surface area contributed by atoms with Crippen molar-refractivity contribution in [2.45, 2.75) is 6.92 Å². The van der Waals surface area contributed by atoms with Gasteiger partial charge in [-0.2, -0.15) is 0 Å². The first kappa shape index (κ1) is 12.0. The van der Waals surface area contributed by atoms with E-state index in [1.807, 2.05) is 0 Å². The van der Waals surface area contributed by atoms with Crippen LogP contribution >= 0.6 is 23.2 Å². The van der Waals surface area contributed by atoms with Gasteiger partial charge >= 0.3 is 0 Å². The number of rotatable bonds is 2.